The zero-order valence-electron chi connectivity index (χ0n) is 11.1. The predicted octanol–water partition coefficient (Wildman–Crippen LogP) is 2.55. The van der Waals surface area contributed by atoms with Gasteiger partial charge in [-0.25, -0.2) is 4.79 Å². The van der Waals surface area contributed by atoms with Crippen LogP contribution in [-0.4, -0.2) is 35.7 Å². The second-order valence-electron chi connectivity index (χ2n) is 4.31. The average Bonchev–Trinajstić information content (AvgIpc) is 3.14. The molecule has 0 amide bonds. The molecule has 4 nitrogen and oxygen atoms in total. The molecule has 0 spiro atoms. The highest BCUT2D eigenvalue weighted by Gasteiger charge is 2.51. The molecule has 5 heteroatoms. The molecule has 2 atom stereocenters. The highest BCUT2D eigenvalue weighted by molar-refractivity contribution is 8.13. The predicted molar refractivity (Wildman–Crippen MR) is 71.5 cm³/mol. The van der Waals surface area contributed by atoms with E-state index >= 15 is 0 Å². The Bertz CT molecular complexity index is 280. The summed E-state index contributed by atoms with van der Waals surface area (Å²) in [6, 6.07) is 0. The topological polar surface area (TPSA) is 55.9 Å². The number of thioether (sulfide) groups is 1. The van der Waals surface area contributed by atoms with E-state index in [0.29, 0.717) is 6.61 Å². The maximum absolute atomic E-state index is 11.6. The van der Waals surface area contributed by atoms with Crippen molar-refractivity contribution in [3.63, 3.8) is 0 Å². The minimum Gasteiger partial charge on any atom is -0.464 e. The van der Waals surface area contributed by atoms with Crippen molar-refractivity contribution in [2.24, 2.45) is 0 Å². The van der Waals surface area contributed by atoms with Crippen LogP contribution in [0.4, 0.5) is 0 Å². The fourth-order valence-corrected chi connectivity index (χ4v) is 2.55. The summed E-state index contributed by atoms with van der Waals surface area (Å²) in [5.41, 5.74) is 0. The van der Waals surface area contributed by atoms with Gasteiger partial charge in [0.1, 0.15) is 0 Å². The third-order valence-corrected chi connectivity index (χ3v) is 3.74. The lowest BCUT2D eigenvalue weighted by Crippen LogP contribution is -2.17. The highest BCUT2D eigenvalue weighted by atomic mass is 32.2. The minimum absolute atomic E-state index is 0.0384. The largest absolute Gasteiger partial charge is 0.464 e. The summed E-state index contributed by atoms with van der Waals surface area (Å²) in [6.45, 7) is 4.24. The number of hydrogen-bond acceptors (Lipinski definition) is 5. The van der Waals surface area contributed by atoms with Crippen molar-refractivity contribution < 1.29 is 19.1 Å². The molecule has 1 fully saturated rings. The van der Waals surface area contributed by atoms with Gasteiger partial charge in [0.2, 0.25) is 5.12 Å². The van der Waals surface area contributed by atoms with E-state index in [-0.39, 0.29) is 5.12 Å². The lowest BCUT2D eigenvalue weighted by Gasteiger charge is -1.99. The molecular formula is C13H22O4S. The van der Waals surface area contributed by atoms with Crippen LogP contribution in [0.1, 0.15) is 46.0 Å². The van der Waals surface area contributed by atoms with Crippen molar-refractivity contribution in [2.75, 3.05) is 12.4 Å². The molecule has 0 bridgehead atoms. The first kappa shape index (κ1) is 15.5. The monoisotopic (exact) mass is 274 g/mol. The van der Waals surface area contributed by atoms with E-state index < -0.39 is 18.2 Å². The van der Waals surface area contributed by atoms with Crippen LogP contribution < -0.4 is 0 Å². The van der Waals surface area contributed by atoms with Gasteiger partial charge in [-0.1, -0.05) is 44.4 Å². The first-order valence-corrected chi connectivity index (χ1v) is 7.68. The van der Waals surface area contributed by atoms with Gasteiger partial charge in [0.05, 0.1) is 6.61 Å². The molecule has 0 N–H and O–H groups in total. The number of esters is 1. The number of epoxide rings is 1. The van der Waals surface area contributed by atoms with Crippen molar-refractivity contribution in [3.8, 4) is 0 Å². The lowest BCUT2D eigenvalue weighted by molar-refractivity contribution is -0.144. The lowest BCUT2D eigenvalue weighted by atomic mass is 10.2. The van der Waals surface area contributed by atoms with Gasteiger partial charge in [-0.05, 0) is 13.3 Å². The van der Waals surface area contributed by atoms with Gasteiger partial charge >= 0.3 is 5.97 Å². The summed E-state index contributed by atoms with van der Waals surface area (Å²) in [5.74, 6) is 0.400. The number of hydrogen-bond donors (Lipinski definition) is 0. The van der Waals surface area contributed by atoms with E-state index in [4.69, 9.17) is 9.47 Å². The first-order chi connectivity index (χ1) is 8.70. The smallest absolute Gasteiger partial charge is 0.338 e. The van der Waals surface area contributed by atoms with Crippen LogP contribution in [0.5, 0.6) is 0 Å². The second kappa shape index (κ2) is 8.53. The molecule has 1 rings (SSSR count). The molecule has 1 saturated heterocycles. The van der Waals surface area contributed by atoms with Gasteiger partial charge in [-0.2, -0.15) is 0 Å². The summed E-state index contributed by atoms with van der Waals surface area (Å²) >= 11 is 1.27. The molecule has 1 aliphatic rings. The number of ether oxygens (including phenoxy) is 2. The molecule has 18 heavy (non-hydrogen) atoms. The minimum atomic E-state index is -0.648. The normalized spacial score (nSPS) is 21.7. The number of carbonyl (C=O) groups is 2. The Hall–Kier alpha value is -0.550. The van der Waals surface area contributed by atoms with Crippen LogP contribution >= 0.6 is 11.8 Å². The van der Waals surface area contributed by atoms with Gasteiger partial charge in [0.15, 0.2) is 12.2 Å². The summed E-state index contributed by atoms with van der Waals surface area (Å²) in [4.78, 5) is 22.9. The third kappa shape index (κ3) is 5.40. The van der Waals surface area contributed by atoms with E-state index in [1.807, 2.05) is 0 Å². The van der Waals surface area contributed by atoms with Crippen LogP contribution in [0, 0.1) is 0 Å². The number of rotatable bonds is 9. The summed E-state index contributed by atoms with van der Waals surface area (Å²) in [5, 5.41) is -0.0384. The van der Waals surface area contributed by atoms with Crippen molar-refractivity contribution in [2.45, 2.75) is 58.2 Å². The van der Waals surface area contributed by atoms with Gasteiger partial charge < -0.3 is 9.47 Å². The maximum atomic E-state index is 11.6. The SMILES string of the molecule is CCCCCCCSC(=O)[C@@H]1O[C@@H]1C(=O)OCC. The summed E-state index contributed by atoms with van der Waals surface area (Å²) in [7, 11) is 0. The molecule has 0 saturated carbocycles. The maximum Gasteiger partial charge on any atom is 0.338 e. The van der Waals surface area contributed by atoms with Crippen LogP contribution in [-0.2, 0) is 19.1 Å². The molecule has 0 radical (unpaired) electrons. The third-order valence-electron chi connectivity index (χ3n) is 2.74. The molecule has 0 aromatic heterocycles. The molecule has 1 heterocycles. The fraction of sp³-hybridized carbons (Fsp3) is 0.846. The van der Waals surface area contributed by atoms with E-state index in [1.165, 1.54) is 37.4 Å². The Morgan fingerprint density at radius 2 is 1.83 bits per heavy atom. The number of carbonyl (C=O) groups excluding carboxylic acids is 2. The molecule has 0 aliphatic carbocycles. The molecule has 0 aromatic carbocycles. The van der Waals surface area contributed by atoms with Gasteiger partial charge in [0.25, 0.3) is 0 Å². The second-order valence-corrected chi connectivity index (χ2v) is 5.41. The summed E-state index contributed by atoms with van der Waals surface area (Å²) in [6.07, 6.45) is 4.72. The molecule has 0 aromatic rings. The molecule has 1 aliphatic heterocycles. The Morgan fingerprint density at radius 3 is 2.50 bits per heavy atom. The molecular weight excluding hydrogens is 252 g/mol. The quantitative estimate of drug-likeness (QED) is 0.367. The van der Waals surface area contributed by atoms with Crippen molar-refractivity contribution in [1.82, 2.24) is 0 Å². The van der Waals surface area contributed by atoms with E-state index in [0.717, 1.165) is 12.2 Å². The Morgan fingerprint density at radius 1 is 1.11 bits per heavy atom. The van der Waals surface area contributed by atoms with Gasteiger partial charge in [-0.3, -0.25) is 4.79 Å². The van der Waals surface area contributed by atoms with E-state index in [9.17, 15) is 9.59 Å². The standard InChI is InChI=1S/C13H22O4S/c1-3-5-6-7-8-9-18-13(15)11-10(17-11)12(14)16-4-2/h10-11H,3-9H2,1-2H3/t10-,11+/m0/s1. The van der Waals surface area contributed by atoms with Gasteiger partial charge in [-0.15, -0.1) is 0 Å². The van der Waals surface area contributed by atoms with Gasteiger partial charge in [0, 0.05) is 5.75 Å². The van der Waals surface area contributed by atoms with Crippen LogP contribution in [0.3, 0.4) is 0 Å². The van der Waals surface area contributed by atoms with E-state index in [1.54, 1.807) is 6.92 Å². The Labute approximate surface area is 113 Å². The highest BCUT2D eigenvalue weighted by Crippen LogP contribution is 2.29. The number of unbranched alkanes of at least 4 members (excludes halogenated alkanes) is 4. The van der Waals surface area contributed by atoms with E-state index in [2.05, 4.69) is 6.92 Å². The van der Waals surface area contributed by atoms with Crippen molar-refractivity contribution in [3.05, 3.63) is 0 Å². The first-order valence-electron chi connectivity index (χ1n) is 6.69. The van der Waals surface area contributed by atoms with Crippen LogP contribution in [0.15, 0.2) is 0 Å². The van der Waals surface area contributed by atoms with Crippen molar-refractivity contribution in [1.29, 1.82) is 0 Å². The fourth-order valence-electron chi connectivity index (χ4n) is 1.66. The molecule has 104 valence electrons. The zero-order chi connectivity index (χ0) is 13.4. The van der Waals surface area contributed by atoms with Crippen LogP contribution in [0.2, 0.25) is 0 Å². The zero-order valence-corrected chi connectivity index (χ0v) is 12.0. The average molecular weight is 274 g/mol. The molecule has 0 unspecified atom stereocenters. The van der Waals surface area contributed by atoms with Crippen molar-refractivity contribution >= 4 is 22.8 Å². The Kier molecular flexibility index (Phi) is 7.35. The Balaban J connectivity index is 2.03. The summed E-state index contributed by atoms with van der Waals surface area (Å²) < 4.78 is 9.83. The van der Waals surface area contributed by atoms with Crippen LogP contribution in [0.25, 0.3) is 0 Å².